The van der Waals surface area contributed by atoms with Gasteiger partial charge in [-0.15, -0.1) is 11.3 Å². The van der Waals surface area contributed by atoms with Crippen LogP contribution in [-0.4, -0.2) is 19.7 Å². The first-order chi connectivity index (χ1) is 11.1. The minimum Gasteiger partial charge on any atom is -0.384 e. The summed E-state index contributed by atoms with van der Waals surface area (Å²) in [4.78, 5) is 9.52. The van der Waals surface area contributed by atoms with Gasteiger partial charge in [-0.1, -0.05) is 12.1 Å². The number of nitrogens with zero attached hydrogens (tertiary/aromatic N) is 4. The summed E-state index contributed by atoms with van der Waals surface area (Å²) in [6.07, 6.45) is 1.50. The number of rotatable bonds is 2. The van der Waals surface area contributed by atoms with Crippen molar-refractivity contribution in [2.45, 2.75) is 6.92 Å². The van der Waals surface area contributed by atoms with Gasteiger partial charge in [0.1, 0.15) is 22.8 Å². The van der Waals surface area contributed by atoms with E-state index in [1.165, 1.54) is 29.8 Å². The maximum Gasteiger partial charge on any atom is 0.168 e. The van der Waals surface area contributed by atoms with Crippen LogP contribution in [0.25, 0.3) is 27.2 Å². The molecule has 0 fully saturated rings. The van der Waals surface area contributed by atoms with Crippen LogP contribution in [0.4, 0.5) is 10.2 Å². The lowest BCUT2D eigenvalue weighted by Crippen LogP contribution is -2.05. The van der Waals surface area contributed by atoms with E-state index in [1.54, 1.807) is 22.9 Å². The topological polar surface area (TPSA) is 69.6 Å². The van der Waals surface area contributed by atoms with Crippen molar-refractivity contribution in [2.24, 2.45) is 0 Å². The molecule has 0 radical (unpaired) electrons. The maximum atomic E-state index is 13.2. The van der Waals surface area contributed by atoms with Crippen LogP contribution in [0.3, 0.4) is 0 Å². The Kier molecular flexibility index (Phi) is 3.09. The van der Waals surface area contributed by atoms with Gasteiger partial charge in [-0.2, -0.15) is 9.78 Å². The Balaban J connectivity index is 2.01. The molecule has 4 aromatic rings. The van der Waals surface area contributed by atoms with Crippen molar-refractivity contribution >= 4 is 27.4 Å². The van der Waals surface area contributed by atoms with Gasteiger partial charge >= 0.3 is 0 Å². The molecule has 0 aliphatic carbocycles. The first kappa shape index (κ1) is 13.8. The van der Waals surface area contributed by atoms with E-state index in [0.29, 0.717) is 11.6 Å². The molecule has 7 heteroatoms. The number of anilines is 1. The molecule has 0 aliphatic rings. The molecule has 3 aromatic heterocycles. The van der Waals surface area contributed by atoms with Crippen molar-refractivity contribution in [3.8, 4) is 16.9 Å². The van der Waals surface area contributed by atoms with Gasteiger partial charge in [-0.05, 0) is 24.6 Å². The Morgan fingerprint density at radius 1 is 1.17 bits per heavy atom. The third-order valence-corrected chi connectivity index (χ3v) is 4.45. The Hall–Kier alpha value is -2.80. The first-order valence-electron chi connectivity index (χ1n) is 6.94. The highest BCUT2D eigenvalue weighted by Gasteiger charge is 2.16. The molecule has 4 rings (SSSR count). The second kappa shape index (κ2) is 5.13. The summed E-state index contributed by atoms with van der Waals surface area (Å²) in [7, 11) is 0. The number of hydrogen-bond donors (Lipinski definition) is 1. The van der Waals surface area contributed by atoms with Crippen molar-refractivity contribution < 1.29 is 4.39 Å². The van der Waals surface area contributed by atoms with Gasteiger partial charge in [0.25, 0.3) is 0 Å². The highest BCUT2D eigenvalue weighted by molar-refractivity contribution is 7.17. The Labute approximate surface area is 135 Å². The van der Waals surface area contributed by atoms with E-state index < -0.39 is 0 Å². The zero-order valence-corrected chi connectivity index (χ0v) is 13.0. The standard InChI is InChI=1S/C16H12FN5S/c1-9-6-13(18)22(21-9)15-14-12(7-23-16(14)20-8-19-15)10-2-4-11(17)5-3-10/h2-8H,18H2,1H3. The van der Waals surface area contributed by atoms with Crippen LogP contribution in [0.5, 0.6) is 0 Å². The van der Waals surface area contributed by atoms with E-state index in [-0.39, 0.29) is 5.82 Å². The van der Waals surface area contributed by atoms with Crippen molar-refractivity contribution in [3.63, 3.8) is 0 Å². The monoisotopic (exact) mass is 325 g/mol. The fourth-order valence-electron chi connectivity index (χ4n) is 2.55. The quantitative estimate of drug-likeness (QED) is 0.611. The predicted octanol–water partition coefficient (Wildman–Crippen LogP) is 3.57. The molecular formula is C16H12FN5S. The predicted molar refractivity (Wildman–Crippen MR) is 89.1 cm³/mol. The molecule has 0 unspecified atom stereocenters. The molecule has 1 aromatic carbocycles. The van der Waals surface area contributed by atoms with Crippen molar-refractivity contribution in [1.29, 1.82) is 0 Å². The van der Waals surface area contributed by atoms with Crippen LogP contribution in [0, 0.1) is 12.7 Å². The number of nitrogens with two attached hydrogens (primary N) is 1. The summed E-state index contributed by atoms with van der Waals surface area (Å²) in [6, 6.07) is 8.15. The number of aromatic nitrogens is 4. The fraction of sp³-hybridized carbons (Fsp3) is 0.0625. The normalized spacial score (nSPS) is 11.2. The molecule has 23 heavy (non-hydrogen) atoms. The van der Waals surface area contributed by atoms with Crippen LogP contribution < -0.4 is 5.73 Å². The second-order valence-corrected chi connectivity index (χ2v) is 6.01. The Bertz CT molecular complexity index is 1000. The molecule has 114 valence electrons. The fourth-order valence-corrected chi connectivity index (χ4v) is 3.46. The number of thiophene rings is 1. The van der Waals surface area contributed by atoms with Gasteiger partial charge in [-0.25, -0.2) is 14.4 Å². The summed E-state index contributed by atoms with van der Waals surface area (Å²) in [5.74, 6) is 0.872. The molecule has 0 atom stereocenters. The summed E-state index contributed by atoms with van der Waals surface area (Å²) in [5.41, 5.74) is 8.69. The van der Waals surface area contributed by atoms with Gasteiger partial charge < -0.3 is 5.73 Å². The van der Waals surface area contributed by atoms with E-state index in [4.69, 9.17) is 5.73 Å². The SMILES string of the molecule is Cc1cc(N)n(-c2ncnc3scc(-c4ccc(F)cc4)c23)n1. The summed E-state index contributed by atoms with van der Waals surface area (Å²) in [5, 5.41) is 7.25. The van der Waals surface area contributed by atoms with Gasteiger partial charge in [0.05, 0.1) is 11.1 Å². The first-order valence-corrected chi connectivity index (χ1v) is 7.82. The van der Waals surface area contributed by atoms with Crippen LogP contribution in [0.15, 0.2) is 42.0 Å². The lowest BCUT2D eigenvalue weighted by atomic mass is 10.1. The van der Waals surface area contributed by atoms with Crippen LogP contribution >= 0.6 is 11.3 Å². The molecular weight excluding hydrogens is 313 g/mol. The maximum absolute atomic E-state index is 13.2. The van der Waals surface area contributed by atoms with E-state index in [0.717, 1.165) is 27.0 Å². The van der Waals surface area contributed by atoms with Crippen LogP contribution in [0.2, 0.25) is 0 Å². The van der Waals surface area contributed by atoms with Gasteiger partial charge in [0.15, 0.2) is 5.82 Å². The highest BCUT2D eigenvalue weighted by Crippen LogP contribution is 2.36. The molecule has 0 spiro atoms. The minimum absolute atomic E-state index is 0.267. The lowest BCUT2D eigenvalue weighted by Gasteiger charge is -2.07. The number of fused-ring (bicyclic) bond motifs is 1. The zero-order chi connectivity index (χ0) is 16.0. The molecule has 0 saturated heterocycles. The van der Waals surface area contributed by atoms with E-state index in [1.807, 2.05) is 12.3 Å². The number of halogens is 1. The number of aryl methyl sites for hydroxylation is 1. The Morgan fingerprint density at radius 2 is 1.96 bits per heavy atom. The molecule has 0 bridgehead atoms. The summed E-state index contributed by atoms with van der Waals surface area (Å²) >= 11 is 1.51. The van der Waals surface area contributed by atoms with E-state index in [2.05, 4.69) is 15.1 Å². The van der Waals surface area contributed by atoms with Crippen LogP contribution in [0.1, 0.15) is 5.69 Å². The molecule has 5 nitrogen and oxygen atoms in total. The zero-order valence-electron chi connectivity index (χ0n) is 12.2. The average Bonchev–Trinajstić information content (AvgIpc) is 3.11. The third-order valence-electron chi connectivity index (χ3n) is 3.57. The third kappa shape index (κ3) is 2.25. The van der Waals surface area contributed by atoms with Crippen LogP contribution in [-0.2, 0) is 0 Å². The lowest BCUT2D eigenvalue weighted by molar-refractivity contribution is 0.628. The Morgan fingerprint density at radius 3 is 2.65 bits per heavy atom. The smallest absolute Gasteiger partial charge is 0.168 e. The van der Waals surface area contributed by atoms with Crippen molar-refractivity contribution in [2.75, 3.05) is 5.73 Å². The van der Waals surface area contributed by atoms with E-state index >= 15 is 0 Å². The summed E-state index contributed by atoms with van der Waals surface area (Å²) in [6.45, 7) is 1.87. The second-order valence-electron chi connectivity index (χ2n) is 5.16. The van der Waals surface area contributed by atoms with Crippen molar-refractivity contribution in [3.05, 3.63) is 53.6 Å². The molecule has 2 N–H and O–H groups in total. The largest absolute Gasteiger partial charge is 0.384 e. The summed E-state index contributed by atoms with van der Waals surface area (Å²) < 4.78 is 14.8. The van der Waals surface area contributed by atoms with Gasteiger partial charge in [0, 0.05) is 17.0 Å². The van der Waals surface area contributed by atoms with E-state index in [9.17, 15) is 4.39 Å². The molecule has 3 heterocycles. The highest BCUT2D eigenvalue weighted by atomic mass is 32.1. The average molecular weight is 325 g/mol. The molecule has 0 aliphatic heterocycles. The molecule has 0 amide bonds. The molecule has 0 saturated carbocycles. The van der Waals surface area contributed by atoms with Gasteiger partial charge in [-0.3, -0.25) is 0 Å². The van der Waals surface area contributed by atoms with Gasteiger partial charge in [0.2, 0.25) is 0 Å². The number of nitrogen functional groups attached to an aromatic ring is 1. The minimum atomic E-state index is -0.267. The number of hydrogen-bond acceptors (Lipinski definition) is 5. The van der Waals surface area contributed by atoms with Crippen molar-refractivity contribution in [1.82, 2.24) is 19.7 Å². The number of benzene rings is 1.